The molecule has 0 amide bonds. The van der Waals surface area contributed by atoms with Crippen LogP contribution in [-0.2, 0) is 0 Å². The van der Waals surface area contributed by atoms with E-state index in [-0.39, 0.29) is 0 Å². The van der Waals surface area contributed by atoms with Gasteiger partial charge < -0.3 is 4.90 Å². The highest BCUT2D eigenvalue weighted by Gasteiger charge is 1.83. The lowest BCUT2D eigenvalue weighted by Gasteiger charge is -1.86. The summed E-state index contributed by atoms with van der Waals surface area (Å²) < 4.78 is 0. The minimum absolute atomic E-state index is 1.59. The number of rotatable bonds is 0. The van der Waals surface area contributed by atoms with Gasteiger partial charge in [-0.3, -0.25) is 0 Å². The Labute approximate surface area is 41.7 Å². The van der Waals surface area contributed by atoms with E-state index in [9.17, 15) is 0 Å². The molecule has 0 aromatic carbocycles. The topological polar surface area (TPSA) is 12.4 Å². The van der Waals surface area contributed by atoms with Crippen LogP contribution in [0.25, 0.3) is 0 Å². The number of hydrogen-bond donors (Lipinski definition) is 0. The Morgan fingerprint density at radius 3 is 2.83 bits per heavy atom. The van der Waals surface area contributed by atoms with E-state index < -0.39 is 0 Å². The Balaban J connectivity index is 2.46. The molecule has 1 aliphatic heterocycles. The van der Waals surface area contributed by atoms with E-state index in [0.717, 1.165) is 0 Å². The lowest BCUT2D eigenvalue weighted by molar-refractivity contribution is 1.92. The molecular weight excluding hydrogens is 92.9 g/mol. The maximum Gasteiger partial charge on any atom is 0.354 e. The van der Waals surface area contributed by atoms with Crippen LogP contribution in [0.5, 0.6) is 0 Å². The third-order valence-corrected chi connectivity index (χ3v) is 1.01. The second-order valence-electron chi connectivity index (χ2n) is 0.868. The van der Waals surface area contributed by atoms with Gasteiger partial charge >= 0.3 is 6.69 Å². The number of allylic oxidation sites excluding steroid dienone is 1. The van der Waals surface area contributed by atoms with Crippen LogP contribution in [0.2, 0.25) is 0 Å². The van der Waals surface area contributed by atoms with Gasteiger partial charge in [0, 0.05) is 6.21 Å². The molecule has 1 nitrogen and oxygen atoms in total. The Morgan fingerprint density at radius 1 is 1.67 bits per heavy atom. The van der Waals surface area contributed by atoms with Crippen LogP contribution in [0.1, 0.15) is 0 Å². The maximum absolute atomic E-state index is 3.80. The fourth-order valence-corrected chi connectivity index (χ4v) is 0.607. The van der Waals surface area contributed by atoms with Gasteiger partial charge in [-0.15, -0.1) is 0 Å². The fraction of sp³-hybridized carbons (Fsp3) is 0. The molecule has 1 radical (unpaired) electrons. The summed E-state index contributed by atoms with van der Waals surface area (Å²) in [5.74, 6) is 0. The summed E-state index contributed by atoms with van der Waals surface area (Å²) in [5, 5.41) is 1.98. The molecule has 0 unspecified atom stereocenters. The summed E-state index contributed by atoms with van der Waals surface area (Å²) in [4.78, 5) is 3.80. The average Bonchev–Trinajstić information content (AvgIpc) is 1.72. The summed E-state index contributed by atoms with van der Waals surface area (Å²) in [5.41, 5.74) is 0. The van der Waals surface area contributed by atoms with Gasteiger partial charge in [0.2, 0.25) is 0 Å². The lowest BCUT2D eigenvalue weighted by Crippen LogP contribution is -1.79. The Kier molecular flexibility index (Phi) is 1.39. The van der Waals surface area contributed by atoms with Crippen LogP contribution < -0.4 is 0 Å². The first-order chi connectivity index (χ1) is 3.00. The standard InChI is InChI=1S/C3H3BNS/c1-2-5-4-6-3-1/h1-3H. The van der Waals surface area contributed by atoms with Crippen molar-refractivity contribution in [3.05, 3.63) is 11.5 Å². The van der Waals surface area contributed by atoms with Crippen molar-refractivity contribution in [2.75, 3.05) is 0 Å². The van der Waals surface area contributed by atoms with Crippen molar-refractivity contribution < 1.29 is 0 Å². The first-order valence-corrected chi connectivity index (χ1v) is 2.60. The van der Waals surface area contributed by atoms with Crippen molar-refractivity contribution in [2.24, 2.45) is 4.90 Å². The fourth-order valence-electron chi connectivity index (χ4n) is 0.236. The molecule has 1 aliphatic rings. The molecule has 0 aliphatic carbocycles. The second-order valence-corrected chi connectivity index (χ2v) is 1.62. The normalized spacial score (nSPS) is 17.3. The van der Waals surface area contributed by atoms with Crippen molar-refractivity contribution in [3.63, 3.8) is 0 Å². The van der Waals surface area contributed by atoms with Crippen LogP contribution in [-0.4, -0.2) is 12.9 Å². The molecule has 1 rings (SSSR count). The molecule has 0 fully saturated rings. The van der Waals surface area contributed by atoms with Gasteiger partial charge in [-0.1, -0.05) is 0 Å². The van der Waals surface area contributed by atoms with Gasteiger partial charge in [0.05, 0.1) is 0 Å². The van der Waals surface area contributed by atoms with Gasteiger partial charge in [-0.05, 0) is 11.5 Å². The quantitative estimate of drug-likeness (QED) is 0.407. The summed E-state index contributed by atoms with van der Waals surface area (Å²) in [6.45, 7) is 1.79. The Bertz CT molecular complexity index is 76.8. The second kappa shape index (κ2) is 2.08. The minimum atomic E-state index is 1.59. The predicted molar refractivity (Wildman–Crippen MR) is 31.0 cm³/mol. The first kappa shape index (κ1) is 4.00. The van der Waals surface area contributed by atoms with Gasteiger partial charge in [0.15, 0.2) is 0 Å². The Morgan fingerprint density at radius 2 is 2.67 bits per heavy atom. The third kappa shape index (κ3) is 0.900. The molecule has 6 heavy (non-hydrogen) atoms. The molecule has 3 heteroatoms. The molecule has 0 atom stereocenters. The van der Waals surface area contributed by atoms with E-state index >= 15 is 0 Å². The lowest BCUT2D eigenvalue weighted by atomic mass is 10.4. The molecule has 29 valence electrons. The third-order valence-electron chi connectivity index (χ3n) is 0.451. The molecular formula is C3H3BNS. The van der Waals surface area contributed by atoms with Crippen LogP contribution >= 0.6 is 11.6 Å². The number of nitrogens with zero attached hydrogens (tertiary/aromatic N) is 1. The van der Waals surface area contributed by atoms with Crippen molar-refractivity contribution in [1.29, 1.82) is 0 Å². The molecule has 0 saturated heterocycles. The first-order valence-electron chi connectivity index (χ1n) is 1.65. The minimum Gasteiger partial charge on any atom is -0.339 e. The zero-order chi connectivity index (χ0) is 4.24. The predicted octanol–water partition coefficient (Wildman–Crippen LogP) is 0.852. The molecule has 0 aromatic heterocycles. The van der Waals surface area contributed by atoms with Crippen molar-refractivity contribution in [1.82, 2.24) is 0 Å². The summed E-state index contributed by atoms with van der Waals surface area (Å²) in [6, 6.07) is 0. The van der Waals surface area contributed by atoms with Crippen LogP contribution in [0.4, 0.5) is 0 Å². The van der Waals surface area contributed by atoms with E-state index in [0.29, 0.717) is 0 Å². The largest absolute Gasteiger partial charge is 0.354 e. The van der Waals surface area contributed by atoms with Gasteiger partial charge in [0.1, 0.15) is 0 Å². The zero-order valence-corrected chi connectivity index (χ0v) is 3.98. The summed E-state index contributed by atoms with van der Waals surface area (Å²) in [6.07, 6.45) is 3.67. The SMILES string of the molecule is [B]1N=CC=CS1. The molecule has 0 saturated carbocycles. The highest BCUT2D eigenvalue weighted by atomic mass is 32.2. The van der Waals surface area contributed by atoms with Crippen LogP contribution in [0.3, 0.4) is 0 Å². The summed E-state index contributed by atoms with van der Waals surface area (Å²) in [7, 11) is 0. The maximum atomic E-state index is 3.80. The molecule has 0 spiro atoms. The molecule has 0 aromatic rings. The molecule has 0 bridgehead atoms. The van der Waals surface area contributed by atoms with E-state index in [1.165, 1.54) is 0 Å². The van der Waals surface area contributed by atoms with Gasteiger partial charge in [-0.25, -0.2) is 0 Å². The van der Waals surface area contributed by atoms with E-state index in [1.54, 1.807) is 24.5 Å². The van der Waals surface area contributed by atoms with Gasteiger partial charge in [-0.2, -0.15) is 11.6 Å². The Hall–Kier alpha value is -0.175. The van der Waals surface area contributed by atoms with Crippen LogP contribution in [0, 0.1) is 0 Å². The van der Waals surface area contributed by atoms with Crippen molar-refractivity contribution in [3.8, 4) is 0 Å². The average molecular weight is 95.9 g/mol. The number of hydrogen-bond acceptors (Lipinski definition) is 2. The smallest absolute Gasteiger partial charge is 0.339 e. The summed E-state index contributed by atoms with van der Waals surface area (Å²) >= 11 is 1.59. The molecule has 0 N–H and O–H groups in total. The molecule has 1 heterocycles. The van der Waals surface area contributed by atoms with E-state index in [1.807, 2.05) is 11.5 Å². The van der Waals surface area contributed by atoms with Crippen LogP contribution in [0.15, 0.2) is 16.4 Å². The monoisotopic (exact) mass is 96.0 g/mol. The van der Waals surface area contributed by atoms with Crippen molar-refractivity contribution in [2.45, 2.75) is 0 Å². The highest BCUT2D eigenvalue weighted by Crippen LogP contribution is 2.00. The van der Waals surface area contributed by atoms with Crippen molar-refractivity contribution >= 4 is 24.5 Å². The zero-order valence-electron chi connectivity index (χ0n) is 3.16. The highest BCUT2D eigenvalue weighted by molar-refractivity contribution is 8.24. The van der Waals surface area contributed by atoms with E-state index in [4.69, 9.17) is 0 Å². The van der Waals surface area contributed by atoms with E-state index in [2.05, 4.69) is 4.90 Å². The van der Waals surface area contributed by atoms with Gasteiger partial charge in [0.25, 0.3) is 0 Å².